The second kappa shape index (κ2) is 4.55. The predicted octanol–water partition coefficient (Wildman–Crippen LogP) is 3.18. The van der Waals surface area contributed by atoms with Gasteiger partial charge in [-0.25, -0.2) is 0 Å². The number of aryl methyl sites for hydroxylation is 2. The lowest BCUT2D eigenvalue weighted by Crippen LogP contribution is -2.20. The number of hydrogen-bond donors (Lipinski definition) is 1. The van der Waals surface area contributed by atoms with Crippen molar-refractivity contribution in [2.45, 2.75) is 25.3 Å². The zero-order valence-electron chi connectivity index (χ0n) is 9.22. The summed E-state index contributed by atoms with van der Waals surface area (Å²) in [6.07, 6.45) is -2.02. The zero-order chi connectivity index (χ0) is 12.5. The van der Waals surface area contributed by atoms with Crippen LogP contribution < -0.4 is 4.74 Å². The van der Waals surface area contributed by atoms with Crippen LogP contribution in [0.3, 0.4) is 0 Å². The summed E-state index contributed by atoms with van der Waals surface area (Å²) >= 11 is 4.80. The molecule has 0 aliphatic rings. The third kappa shape index (κ3) is 2.62. The first-order valence-corrected chi connectivity index (χ1v) is 5.05. The second-order valence-electron chi connectivity index (χ2n) is 3.62. The molecule has 1 N–H and O–H groups in total. The molecule has 1 unspecified atom stereocenters. The number of rotatable bonds is 3. The van der Waals surface area contributed by atoms with E-state index >= 15 is 0 Å². The molecule has 1 aromatic rings. The normalized spacial score (nSPS) is 13.7. The van der Waals surface area contributed by atoms with Crippen LogP contribution in [-0.4, -0.2) is 17.6 Å². The van der Waals surface area contributed by atoms with Crippen LogP contribution in [0.15, 0.2) is 12.1 Å². The Bertz CT molecular complexity index is 388. The maximum atomic E-state index is 12.8. The Balaban J connectivity index is 3.21. The minimum Gasteiger partial charge on any atom is -0.496 e. The van der Waals surface area contributed by atoms with Gasteiger partial charge in [-0.2, -0.15) is 8.78 Å². The van der Waals surface area contributed by atoms with Crippen LogP contribution in [0, 0.1) is 13.8 Å². The van der Waals surface area contributed by atoms with Crippen LogP contribution in [0.5, 0.6) is 5.75 Å². The third-order valence-electron chi connectivity index (χ3n) is 2.39. The van der Waals surface area contributed by atoms with Gasteiger partial charge in [0, 0.05) is 0 Å². The molecule has 0 saturated heterocycles. The van der Waals surface area contributed by atoms with Crippen molar-refractivity contribution in [2.75, 3.05) is 7.11 Å². The standard InChI is InChI=1S/C11H13ClF2O2/c1-6-5-9(16-3)7(2)4-8(6)10(15)11(12,13)14/h4-5,10,15H,1-3H3. The van der Waals surface area contributed by atoms with Crippen molar-refractivity contribution in [2.24, 2.45) is 0 Å². The predicted molar refractivity (Wildman–Crippen MR) is 58.2 cm³/mol. The first-order chi connectivity index (χ1) is 7.27. The van der Waals surface area contributed by atoms with Crippen molar-refractivity contribution < 1.29 is 18.6 Å². The van der Waals surface area contributed by atoms with E-state index in [4.69, 9.17) is 16.3 Å². The molecule has 1 rings (SSSR count). The first-order valence-electron chi connectivity index (χ1n) is 4.67. The fourth-order valence-electron chi connectivity index (χ4n) is 1.50. The quantitative estimate of drug-likeness (QED) is 0.835. The van der Waals surface area contributed by atoms with Gasteiger partial charge in [0.25, 0.3) is 0 Å². The Kier molecular flexibility index (Phi) is 3.76. The molecule has 0 bridgehead atoms. The van der Waals surface area contributed by atoms with Gasteiger partial charge in [-0.1, -0.05) is 0 Å². The highest BCUT2D eigenvalue weighted by Crippen LogP contribution is 2.37. The van der Waals surface area contributed by atoms with Gasteiger partial charge in [0.05, 0.1) is 7.11 Å². The molecule has 0 aliphatic carbocycles. The number of alkyl halides is 3. The van der Waals surface area contributed by atoms with Crippen LogP contribution in [0.25, 0.3) is 0 Å². The molecular weight excluding hydrogens is 238 g/mol. The van der Waals surface area contributed by atoms with E-state index in [1.165, 1.54) is 13.2 Å². The molecule has 0 spiro atoms. The molecule has 2 nitrogen and oxygen atoms in total. The molecule has 0 aliphatic heterocycles. The lowest BCUT2D eigenvalue weighted by molar-refractivity contribution is -0.0428. The third-order valence-corrected chi connectivity index (χ3v) is 2.59. The fourth-order valence-corrected chi connectivity index (χ4v) is 1.62. The van der Waals surface area contributed by atoms with E-state index < -0.39 is 11.5 Å². The van der Waals surface area contributed by atoms with Gasteiger partial charge in [0.1, 0.15) is 5.75 Å². The molecule has 0 amide bonds. The molecule has 90 valence electrons. The molecule has 0 saturated carbocycles. The van der Waals surface area contributed by atoms with E-state index in [0.717, 1.165) is 0 Å². The Hall–Kier alpha value is -0.870. The summed E-state index contributed by atoms with van der Waals surface area (Å²) in [5.74, 6) is 0.589. The first kappa shape index (κ1) is 13.2. The monoisotopic (exact) mass is 250 g/mol. The summed E-state index contributed by atoms with van der Waals surface area (Å²) in [5, 5.41) is 5.73. The van der Waals surface area contributed by atoms with E-state index in [1.807, 2.05) is 0 Å². The highest BCUT2D eigenvalue weighted by molar-refractivity contribution is 6.22. The minimum absolute atomic E-state index is 0.110. The summed E-state index contributed by atoms with van der Waals surface area (Å²) in [6, 6.07) is 3.05. The molecule has 5 heteroatoms. The van der Waals surface area contributed by atoms with Gasteiger partial charge in [-0.3, -0.25) is 0 Å². The zero-order valence-corrected chi connectivity index (χ0v) is 9.98. The highest BCUT2D eigenvalue weighted by atomic mass is 35.5. The number of ether oxygens (including phenoxy) is 1. The van der Waals surface area contributed by atoms with E-state index in [-0.39, 0.29) is 5.56 Å². The summed E-state index contributed by atoms with van der Waals surface area (Å²) in [7, 11) is 1.49. The van der Waals surface area contributed by atoms with Crippen molar-refractivity contribution >= 4 is 11.6 Å². The number of hydrogen-bond acceptors (Lipinski definition) is 2. The highest BCUT2D eigenvalue weighted by Gasteiger charge is 2.37. The van der Waals surface area contributed by atoms with Gasteiger partial charge in [0.15, 0.2) is 6.10 Å². The van der Waals surface area contributed by atoms with Crippen molar-refractivity contribution in [1.82, 2.24) is 0 Å². The van der Waals surface area contributed by atoms with E-state index in [0.29, 0.717) is 16.9 Å². The fraction of sp³-hybridized carbons (Fsp3) is 0.455. The summed E-state index contributed by atoms with van der Waals surface area (Å²) in [6.45, 7) is 3.32. The molecule has 0 heterocycles. The molecule has 0 aromatic heterocycles. The van der Waals surface area contributed by atoms with Gasteiger partial charge >= 0.3 is 5.38 Å². The van der Waals surface area contributed by atoms with E-state index in [1.54, 1.807) is 19.9 Å². The van der Waals surface area contributed by atoms with Crippen molar-refractivity contribution in [3.63, 3.8) is 0 Å². The number of benzene rings is 1. The number of methoxy groups -OCH3 is 1. The lowest BCUT2D eigenvalue weighted by Gasteiger charge is -2.19. The minimum atomic E-state index is -3.67. The Morgan fingerprint density at radius 1 is 1.31 bits per heavy atom. The average molecular weight is 251 g/mol. The summed E-state index contributed by atoms with van der Waals surface area (Å²) in [5.41, 5.74) is 1.29. The van der Waals surface area contributed by atoms with Crippen LogP contribution in [0.1, 0.15) is 22.8 Å². The van der Waals surface area contributed by atoms with Gasteiger partial charge in [0.2, 0.25) is 0 Å². The molecule has 1 aromatic carbocycles. The van der Waals surface area contributed by atoms with Crippen LogP contribution in [0.4, 0.5) is 8.78 Å². The molecule has 0 radical (unpaired) electrons. The second-order valence-corrected chi connectivity index (χ2v) is 4.13. The number of aliphatic hydroxyl groups excluding tert-OH is 1. The molecule has 0 fully saturated rings. The SMILES string of the molecule is COc1cc(C)c(C(O)C(F)(F)Cl)cc1C. The average Bonchev–Trinajstić information content (AvgIpc) is 2.18. The smallest absolute Gasteiger partial charge is 0.351 e. The lowest BCUT2D eigenvalue weighted by atomic mass is 10.00. The van der Waals surface area contributed by atoms with E-state index in [9.17, 15) is 13.9 Å². The Morgan fingerprint density at radius 3 is 2.31 bits per heavy atom. The van der Waals surface area contributed by atoms with Crippen molar-refractivity contribution in [3.8, 4) is 5.75 Å². The topological polar surface area (TPSA) is 29.5 Å². The summed E-state index contributed by atoms with van der Waals surface area (Å²) in [4.78, 5) is 0. The number of halogens is 3. The van der Waals surface area contributed by atoms with Gasteiger partial charge < -0.3 is 9.84 Å². The van der Waals surface area contributed by atoms with E-state index in [2.05, 4.69) is 0 Å². The Morgan fingerprint density at radius 2 is 1.88 bits per heavy atom. The maximum absolute atomic E-state index is 12.8. The summed E-state index contributed by atoms with van der Waals surface area (Å²) < 4.78 is 30.6. The molecular formula is C11H13ClF2O2. The number of aliphatic hydroxyl groups is 1. The Labute approximate surface area is 97.8 Å². The van der Waals surface area contributed by atoms with Gasteiger partial charge in [-0.15, -0.1) is 0 Å². The largest absolute Gasteiger partial charge is 0.496 e. The maximum Gasteiger partial charge on any atom is 0.351 e. The van der Waals surface area contributed by atoms with Crippen molar-refractivity contribution in [3.05, 3.63) is 28.8 Å². The van der Waals surface area contributed by atoms with Gasteiger partial charge in [-0.05, 0) is 54.3 Å². The van der Waals surface area contributed by atoms with Crippen LogP contribution in [0.2, 0.25) is 0 Å². The van der Waals surface area contributed by atoms with Crippen LogP contribution in [-0.2, 0) is 0 Å². The molecule has 16 heavy (non-hydrogen) atoms. The van der Waals surface area contributed by atoms with Crippen LogP contribution >= 0.6 is 11.6 Å². The molecule has 1 atom stereocenters. The van der Waals surface area contributed by atoms with Crippen molar-refractivity contribution in [1.29, 1.82) is 0 Å².